The number of benzene rings is 1. The molecule has 0 aliphatic carbocycles. The van der Waals surface area contributed by atoms with Crippen molar-refractivity contribution in [1.29, 1.82) is 0 Å². The molecule has 1 heterocycles. The van der Waals surface area contributed by atoms with Crippen LogP contribution in [-0.2, 0) is 6.18 Å². The molecule has 0 saturated heterocycles. The summed E-state index contributed by atoms with van der Waals surface area (Å²) < 4.78 is 42.3. The van der Waals surface area contributed by atoms with E-state index in [1.165, 1.54) is 6.07 Å². The highest BCUT2D eigenvalue weighted by atomic mass is 19.4. The summed E-state index contributed by atoms with van der Waals surface area (Å²) in [7, 11) is 0. The molecule has 86 valence electrons. The van der Waals surface area contributed by atoms with Crippen LogP contribution in [0.4, 0.5) is 13.2 Å². The van der Waals surface area contributed by atoms with Gasteiger partial charge in [-0.25, -0.2) is 0 Å². The van der Waals surface area contributed by atoms with E-state index in [-0.39, 0.29) is 6.01 Å². The second-order valence-electron chi connectivity index (χ2n) is 3.20. The van der Waals surface area contributed by atoms with Crippen LogP contribution < -0.4 is 4.74 Å². The highest BCUT2D eigenvalue weighted by Crippen LogP contribution is 2.31. The van der Waals surface area contributed by atoms with E-state index in [9.17, 15) is 13.2 Å². The van der Waals surface area contributed by atoms with Gasteiger partial charge in [-0.2, -0.15) is 18.2 Å². The summed E-state index contributed by atoms with van der Waals surface area (Å²) in [6.45, 7) is 2.18. The third-order valence-corrected chi connectivity index (χ3v) is 2.07. The van der Waals surface area contributed by atoms with E-state index in [4.69, 9.17) is 4.74 Å². The number of halogens is 3. The van der Waals surface area contributed by atoms with Crippen LogP contribution in [0.3, 0.4) is 0 Å². The lowest BCUT2D eigenvalue weighted by Crippen LogP contribution is -2.04. The summed E-state index contributed by atoms with van der Waals surface area (Å²) in [6, 6.07) is 3.57. The lowest BCUT2D eigenvalue weighted by atomic mass is 10.2. The summed E-state index contributed by atoms with van der Waals surface area (Å²) in [6.07, 6.45) is -4.34. The van der Waals surface area contributed by atoms with Gasteiger partial charge in [0.2, 0.25) is 0 Å². The number of aromatic nitrogens is 2. The molecule has 0 bridgehead atoms. The average Bonchev–Trinajstić information content (AvgIpc) is 2.57. The monoisotopic (exact) mass is 230 g/mol. The molecule has 2 rings (SSSR count). The number of H-pyrrole nitrogens is 1. The molecule has 1 aromatic heterocycles. The van der Waals surface area contributed by atoms with E-state index in [0.717, 1.165) is 12.1 Å². The van der Waals surface area contributed by atoms with Gasteiger partial charge in [-0.3, -0.25) is 0 Å². The van der Waals surface area contributed by atoms with E-state index in [2.05, 4.69) is 9.97 Å². The Morgan fingerprint density at radius 3 is 2.75 bits per heavy atom. The van der Waals surface area contributed by atoms with Gasteiger partial charge in [0.05, 0.1) is 23.2 Å². The van der Waals surface area contributed by atoms with Crippen molar-refractivity contribution in [3.05, 3.63) is 23.8 Å². The Labute approximate surface area is 89.2 Å². The van der Waals surface area contributed by atoms with Crippen molar-refractivity contribution in [2.45, 2.75) is 13.1 Å². The first kappa shape index (κ1) is 10.8. The largest absolute Gasteiger partial charge is 0.465 e. The Kier molecular flexibility index (Phi) is 2.49. The summed E-state index contributed by atoms with van der Waals surface area (Å²) in [5.41, 5.74) is 0.0708. The number of nitrogens with zero attached hydrogens (tertiary/aromatic N) is 1. The van der Waals surface area contributed by atoms with E-state index in [0.29, 0.717) is 17.6 Å². The van der Waals surface area contributed by atoms with Crippen LogP contribution in [0.5, 0.6) is 6.01 Å². The van der Waals surface area contributed by atoms with Gasteiger partial charge in [-0.1, -0.05) is 0 Å². The molecule has 0 amide bonds. The number of fused-ring (bicyclic) bond motifs is 1. The molecule has 3 nitrogen and oxygen atoms in total. The van der Waals surface area contributed by atoms with Crippen LogP contribution in [-0.4, -0.2) is 16.6 Å². The molecule has 0 fully saturated rings. The molecule has 0 atom stereocenters. The van der Waals surface area contributed by atoms with Crippen molar-refractivity contribution in [2.75, 3.05) is 6.61 Å². The maximum atomic E-state index is 12.4. The number of nitrogens with one attached hydrogen (secondary N) is 1. The van der Waals surface area contributed by atoms with E-state index < -0.39 is 11.7 Å². The zero-order valence-corrected chi connectivity index (χ0v) is 8.43. The highest BCUT2D eigenvalue weighted by molar-refractivity contribution is 5.76. The Bertz CT molecular complexity index is 504. The maximum absolute atomic E-state index is 12.4. The summed E-state index contributed by atoms with van der Waals surface area (Å²) in [5.74, 6) is 0. The molecule has 0 aliphatic heterocycles. The predicted molar refractivity (Wildman–Crippen MR) is 52.3 cm³/mol. The van der Waals surface area contributed by atoms with Crippen LogP contribution in [0.25, 0.3) is 11.0 Å². The number of alkyl halides is 3. The number of rotatable bonds is 2. The number of ether oxygens (including phenoxy) is 1. The first-order valence-corrected chi connectivity index (χ1v) is 4.70. The van der Waals surface area contributed by atoms with Crippen molar-refractivity contribution in [3.63, 3.8) is 0 Å². The van der Waals surface area contributed by atoms with Gasteiger partial charge >= 0.3 is 6.18 Å². The SMILES string of the molecule is CCOc1nc2ccc(C(F)(F)F)cc2[nH]1. The second-order valence-corrected chi connectivity index (χ2v) is 3.20. The average molecular weight is 230 g/mol. The van der Waals surface area contributed by atoms with Gasteiger partial charge in [0.1, 0.15) is 0 Å². The van der Waals surface area contributed by atoms with Gasteiger partial charge in [0.25, 0.3) is 6.01 Å². The molecule has 0 aliphatic rings. The summed E-state index contributed by atoms with van der Waals surface area (Å²) in [4.78, 5) is 6.66. The van der Waals surface area contributed by atoms with E-state index in [1.54, 1.807) is 6.92 Å². The number of hydrogen-bond donors (Lipinski definition) is 1. The van der Waals surface area contributed by atoms with Gasteiger partial charge in [-0.05, 0) is 25.1 Å². The molecular weight excluding hydrogens is 221 g/mol. The van der Waals surface area contributed by atoms with Crippen LogP contribution in [0.15, 0.2) is 18.2 Å². The number of aromatic amines is 1. The van der Waals surface area contributed by atoms with Crippen molar-refractivity contribution >= 4 is 11.0 Å². The first-order chi connectivity index (χ1) is 7.50. The standard InChI is InChI=1S/C10H9F3N2O/c1-2-16-9-14-7-4-3-6(10(11,12)13)5-8(7)15-9/h3-5H,2H2,1H3,(H,14,15). The molecule has 0 unspecified atom stereocenters. The van der Waals surface area contributed by atoms with Gasteiger partial charge in [-0.15, -0.1) is 0 Å². The minimum absolute atomic E-state index is 0.233. The number of imidazole rings is 1. The van der Waals surface area contributed by atoms with Crippen LogP contribution in [0.1, 0.15) is 12.5 Å². The molecule has 16 heavy (non-hydrogen) atoms. The Morgan fingerprint density at radius 1 is 1.38 bits per heavy atom. The zero-order valence-electron chi connectivity index (χ0n) is 8.43. The first-order valence-electron chi connectivity index (χ1n) is 4.70. The topological polar surface area (TPSA) is 37.9 Å². The quantitative estimate of drug-likeness (QED) is 0.861. The summed E-state index contributed by atoms with van der Waals surface area (Å²) in [5, 5.41) is 0. The second kappa shape index (κ2) is 3.70. The highest BCUT2D eigenvalue weighted by Gasteiger charge is 2.30. The molecule has 1 aromatic carbocycles. The predicted octanol–water partition coefficient (Wildman–Crippen LogP) is 2.98. The molecule has 0 radical (unpaired) electrons. The van der Waals surface area contributed by atoms with Crippen molar-refractivity contribution in [1.82, 2.24) is 9.97 Å². The van der Waals surface area contributed by atoms with Crippen molar-refractivity contribution < 1.29 is 17.9 Å². The molecule has 6 heteroatoms. The molecule has 1 N–H and O–H groups in total. The fourth-order valence-electron chi connectivity index (χ4n) is 1.37. The number of hydrogen-bond acceptors (Lipinski definition) is 2. The molecular formula is C10H9F3N2O. The molecule has 0 saturated carbocycles. The minimum Gasteiger partial charge on any atom is -0.465 e. The molecule has 0 spiro atoms. The third kappa shape index (κ3) is 1.95. The molecule has 2 aromatic rings. The van der Waals surface area contributed by atoms with Crippen LogP contribution >= 0.6 is 0 Å². The Morgan fingerprint density at radius 2 is 2.12 bits per heavy atom. The summed E-state index contributed by atoms with van der Waals surface area (Å²) >= 11 is 0. The lowest BCUT2D eigenvalue weighted by molar-refractivity contribution is -0.137. The zero-order chi connectivity index (χ0) is 11.8. The van der Waals surface area contributed by atoms with Crippen molar-refractivity contribution in [2.24, 2.45) is 0 Å². The fourth-order valence-corrected chi connectivity index (χ4v) is 1.37. The van der Waals surface area contributed by atoms with Crippen LogP contribution in [0.2, 0.25) is 0 Å². The smallest absolute Gasteiger partial charge is 0.416 e. The minimum atomic E-state index is -4.34. The Hall–Kier alpha value is -1.72. The van der Waals surface area contributed by atoms with Crippen molar-refractivity contribution in [3.8, 4) is 6.01 Å². The van der Waals surface area contributed by atoms with Gasteiger partial charge < -0.3 is 9.72 Å². The Balaban J connectivity index is 2.46. The van der Waals surface area contributed by atoms with E-state index >= 15 is 0 Å². The van der Waals surface area contributed by atoms with Gasteiger partial charge in [0, 0.05) is 0 Å². The van der Waals surface area contributed by atoms with Gasteiger partial charge in [0.15, 0.2) is 0 Å². The van der Waals surface area contributed by atoms with Crippen LogP contribution in [0, 0.1) is 0 Å². The fraction of sp³-hybridized carbons (Fsp3) is 0.300. The van der Waals surface area contributed by atoms with E-state index in [1.807, 2.05) is 0 Å². The third-order valence-electron chi connectivity index (χ3n) is 2.07. The maximum Gasteiger partial charge on any atom is 0.416 e. The normalized spacial score (nSPS) is 12.0. The lowest BCUT2D eigenvalue weighted by Gasteiger charge is -2.04.